The molecule has 2 N–H and O–H groups in total. The summed E-state index contributed by atoms with van der Waals surface area (Å²) in [6.07, 6.45) is 0. The van der Waals surface area contributed by atoms with Crippen molar-refractivity contribution in [3.8, 4) is 0 Å². The summed E-state index contributed by atoms with van der Waals surface area (Å²) in [6.45, 7) is 6.33. The third-order valence-corrected chi connectivity index (χ3v) is 4.76. The van der Waals surface area contributed by atoms with Crippen LogP contribution in [0.2, 0.25) is 0 Å². The fourth-order valence-corrected chi connectivity index (χ4v) is 3.39. The van der Waals surface area contributed by atoms with E-state index >= 15 is 0 Å². The highest BCUT2D eigenvalue weighted by atomic mass is 32.2. The van der Waals surface area contributed by atoms with Crippen LogP contribution in [0.5, 0.6) is 0 Å². The molecule has 0 aliphatic rings. The molecule has 0 amide bonds. The first-order valence-electron chi connectivity index (χ1n) is 5.67. The maximum atomic E-state index is 11.8. The monoisotopic (exact) mass is 276 g/mol. The Kier molecular flexibility index (Phi) is 5.58. The van der Waals surface area contributed by atoms with E-state index in [-0.39, 0.29) is 11.8 Å². The average Bonchev–Trinajstić information content (AvgIpc) is 2.68. The van der Waals surface area contributed by atoms with E-state index in [2.05, 4.69) is 10.0 Å². The van der Waals surface area contributed by atoms with E-state index in [4.69, 9.17) is 0 Å². The predicted molar refractivity (Wildman–Crippen MR) is 72.8 cm³/mol. The molecule has 0 fully saturated rings. The summed E-state index contributed by atoms with van der Waals surface area (Å²) >= 11 is 1.56. The Balaban J connectivity index is 2.44. The summed E-state index contributed by atoms with van der Waals surface area (Å²) in [6, 6.07) is 4.01. The minimum Gasteiger partial charge on any atom is -0.313 e. The normalized spacial score (nSPS) is 14.1. The molecule has 1 atom stereocenters. The average molecular weight is 276 g/mol. The summed E-state index contributed by atoms with van der Waals surface area (Å²) in [4.78, 5) is 1.03. The SMILES string of the molecule is CC(C)NCCS(=O)(=O)NC(C)c1cccs1. The molecule has 0 saturated heterocycles. The van der Waals surface area contributed by atoms with Gasteiger partial charge in [-0.2, -0.15) is 0 Å². The molecular weight excluding hydrogens is 256 g/mol. The largest absolute Gasteiger partial charge is 0.313 e. The molecule has 98 valence electrons. The summed E-state index contributed by atoms with van der Waals surface area (Å²) in [7, 11) is -3.21. The van der Waals surface area contributed by atoms with Crippen molar-refractivity contribution in [2.75, 3.05) is 12.3 Å². The van der Waals surface area contributed by atoms with Crippen molar-refractivity contribution in [2.45, 2.75) is 32.9 Å². The van der Waals surface area contributed by atoms with Crippen molar-refractivity contribution in [3.63, 3.8) is 0 Å². The zero-order valence-corrected chi connectivity index (χ0v) is 12.1. The van der Waals surface area contributed by atoms with Crippen molar-refractivity contribution in [1.29, 1.82) is 0 Å². The van der Waals surface area contributed by atoms with Gasteiger partial charge < -0.3 is 5.32 Å². The molecule has 4 nitrogen and oxygen atoms in total. The molecule has 0 aliphatic heterocycles. The Morgan fingerprint density at radius 3 is 2.59 bits per heavy atom. The van der Waals surface area contributed by atoms with E-state index in [1.807, 2.05) is 38.3 Å². The Hall–Kier alpha value is -0.430. The van der Waals surface area contributed by atoms with Crippen LogP contribution in [0.4, 0.5) is 0 Å². The highest BCUT2D eigenvalue weighted by Crippen LogP contribution is 2.18. The number of hydrogen-bond acceptors (Lipinski definition) is 4. The topological polar surface area (TPSA) is 58.2 Å². The van der Waals surface area contributed by atoms with Gasteiger partial charge in [-0.25, -0.2) is 13.1 Å². The zero-order chi connectivity index (χ0) is 12.9. The van der Waals surface area contributed by atoms with Gasteiger partial charge in [0.05, 0.1) is 11.8 Å². The molecule has 0 spiro atoms. The molecule has 0 aromatic carbocycles. The molecule has 0 bridgehead atoms. The molecule has 1 heterocycles. The Morgan fingerprint density at radius 2 is 2.06 bits per heavy atom. The van der Waals surface area contributed by atoms with Gasteiger partial charge in [-0.3, -0.25) is 0 Å². The van der Waals surface area contributed by atoms with Crippen molar-refractivity contribution < 1.29 is 8.42 Å². The second kappa shape index (κ2) is 6.49. The van der Waals surface area contributed by atoms with E-state index in [1.165, 1.54) is 0 Å². The standard InChI is InChI=1S/C11H20N2O2S2/c1-9(2)12-6-8-17(14,15)13-10(3)11-5-4-7-16-11/h4-5,7,9-10,12-13H,6,8H2,1-3H3. The fraction of sp³-hybridized carbons (Fsp3) is 0.636. The van der Waals surface area contributed by atoms with Gasteiger partial charge in [-0.1, -0.05) is 19.9 Å². The number of nitrogens with one attached hydrogen (secondary N) is 2. The van der Waals surface area contributed by atoms with E-state index in [9.17, 15) is 8.42 Å². The maximum Gasteiger partial charge on any atom is 0.213 e. The molecule has 0 saturated carbocycles. The molecule has 1 unspecified atom stereocenters. The van der Waals surface area contributed by atoms with Crippen LogP contribution in [0, 0.1) is 0 Å². The minimum absolute atomic E-state index is 0.112. The van der Waals surface area contributed by atoms with Gasteiger partial charge in [0, 0.05) is 17.5 Å². The first-order valence-corrected chi connectivity index (χ1v) is 8.20. The lowest BCUT2D eigenvalue weighted by Crippen LogP contribution is -2.35. The van der Waals surface area contributed by atoms with Crippen LogP contribution in [-0.4, -0.2) is 26.8 Å². The van der Waals surface area contributed by atoms with E-state index in [0.29, 0.717) is 12.6 Å². The molecule has 0 aliphatic carbocycles. The van der Waals surface area contributed by atoms with Crippen LogP contribution in [0.3, 0.4) is 0 Å². The summed E-state index contributed by atoms with van der Waals surface area (Å²) in [5.41, 5.74) is 0. The number of sulfonamides is 1. The second-order valence-electron chi connectivity index (χ2n) is 4.28. The highest BCUT2D eigenvalue weighted by Gasteiger charge is 2.16. The summed E-state index contributed by atoms with van der Waals surface area (Å²) in [5, 5.41) is 5.04. The molecule has 1 rings (SSSR count). The first-order chi connectivity index (χ1) is 7.91. The quantitative estimate of drug-likeness (QED) is 0.797. The van der Waals surface area contributed by atoms with Crippen LogP contribution in [0.15, 0.2) is 17.5 Å². The van der Waals surface area contributed by atoms with Gasteiger partial charge in [0.1, 0.15) is 0 Å². The van der Waals surface area contributed by atoms with Crippen molar-refractivity contribution in [1.82, 2.24) is 10.0 Å². The van der Waals surface area contributed by atoms with Crippen molar-refractivity contribution in [3.05, 3.63) is 22.4 Å². The first kappa shape index (κ1) is 14.6. The van der Waals surface area contributed by atoms with E-state index < -0.39 is 10.0 Å². The molecule has 6 heteroatoms. The predicted octanol–water partition coefficient (Wildman–Crippen LogP) is 1.73. The Morgan fingerprint density at radius 1 is 1.35 bits per heavy atom. The lowest BCUT2D eigenvalue weighted by molar-refractivity contribution is 0.556. The zero-order valence-electron chi connectivity index (χ0n) is 10.4. The fourth-order valence-electron chi connectivity index (χ4n) is 1.41. The lowest BCUT2D eigenvalue weighted by atomic mass is 10.3. The molecule has 1 aromatic rings. The van der Waals surface area contributed by atoms with Gasteiger partial charge in [0.15, 0.2) is 0 Å². The highest BCUT2D eigenvalue weighted by molar-refractivity contribution is 7.89. The van der Waals surface area contributed by atoms with Gasteiger partial charge >= 0.3 is 0 Å². The minimum atomic E-state index is -3.21. The summed E-state index contributed by atoms with van der Waals surface area (Å²) in [5.74, 6) is 0.112. The second-order valence-corrected chi connectivity index (χ2v) is 7.14. The maximum absolute atomic E-state index is 11.8. The number of thiophene rings is 1. The van der Waals surface area contributed by atoms with Gasteiger partial charge in [0.2, 0.25) is 10.0 Å². The van der Waals surface area contributed by atoms with Crippen LogP contribution in [0.25, 0.3) is 0 Å². The van der Waals surface area contributed by atoms with Crippen LogP contribution in [-0.2, 0) is 10.0 Å². The van der Waals surface area contributed by atoms with Gasteiger partial charge in [-0.05, 0) is 18.4 Å². The molecule has 17 heavy (non-hydrogen) atoms. The lowest BCUT2D eigenvalue weighted by Gasteiger charge is -2.13. The number of rotatable bonds is 7. The van der Waals surface area contributed by atoms with Gasteiger partial charge in [0.25, 0.3) is 0 Å². The summed E-state index contributed by atoms with van der Waals surface area (Å²) < 4.78 is 26.2. The molecular formula is C11H20N2O2S2. The van der Waals surface area contributed by atoms with Crippen LogP contribution >= 0.6 is 11.3 Å². The van der Waals surface area contributed by atoms with Gasteiger partial charge in [-0.15, -0.1) is 11.3 Å². The molecule has 0 radical (unpaired) electrons. The van der Waals surface area contributed by atoms with Crippen molar-refractivity contribution in [2.24, 2.45) is 0 Å². The van der Waals surface area contributed by atoms with Crippen molar-refractivity contribution >= 4 is 21.4 Å². The molecule has 1 aromatic heterocycles. The smallest absolute Gasteiger partial charge is 0.213 e. The van der Waals surface area contributed by atoms with E-state index in [1.54, 1.807) is 11.3 Å². The Bertz CT molecular complexity index is 413. The third kappa shape index (κ3) is 5.63. The Labute approximate surface area is 107 Å². The third-order valence-electron chi connectivity index (χ3n) is 2.25. The number of hydrogen-bond donors (Lipinski definition) is 2. The van der Waals surface area contributed by atoms with E-state index in [0.717, 1.165) is 4.88 Å². The van der Waals surface area contributed by atoms with Crippen LogP contribution < -0.4 is 10.0 Å². The van der Waals surface area contributed by atoms with Crippen LogP contribution in [0.1, 0.15) is 31.7 Å².